The van der Waals surface area contributed by atoms with Gasteiger partial charge in [0.25, 0.3) is 0 Å². The van der Waals surface area contributed by atoms with Crippen LogP contribution in [0.15, 0.2) is 23.0 Å². The van der Waals surface area contributed by atoms with Crippen molar-refractivity contribution in [2.24, 2.45) is 5.73 Å². The van der Waals surface area contributed by atoms with Crippen LogP contribution in [0.2, 0.25) is 0 Å². The van der Waals surface area contributed by atoms with E-state index in [2.05, 4.69) is 9.73 Å². The Labute approximate surface area is 51.6 Å². The molecule has 3 N–H and O–H groups in total. The highest BCUT2D eigenvalue weighted by Gasteiger charge is 1.93. The van der Waals surface area contributed by atoms with Crippen molar-refractivity contribution in [2.45, 2.75) is 0 Å². The number of amides is 2. The molecule has 1 rings (SSSR count). The molecule has 0 saturated heterocycles. The van der Waals surface area contributed by atoms with Crippen LogP contribution in [0.5, 0.6) is 0 Å². The second kappa shape index (κ2) is 2.21. The normalized spacial score (nSPS) is 8.89. The van der Waals surface area contributed by atoms with E-state index in [0.717, 1.165) is 0 Å². The van der Waals surface area contributed by atoms with Gasteiger partial charge in [0.15, 0.2) is 0 Å². The largest absolute Gasteiger partial charge is 0.470 e. The van der Waals surface area contributed by atoms with E-state index in [1.54, 1.807) is 6.07 Å². The fourth-order valence-electron chi connectivity index (χ4n) is 0.478. The summed E-state index contributed by atoms with van der Waals surface area (Å²) in [6, 6.07) is 1.02. The maximum Gasteiger partial charge on any atom is 0.316 e. The molecule has 0 aliphatic carbocycles. The van der Waals surface area contributed by atoms with Crippen molar-refractivity contribution in [3.05, 3.63) is 18.6 Å². The molecule has 0 spiro atoms. The summed E-state index contributed by atoms with van der Waals surface area (Å²) in [6.07, 6.45) is 2.84. The van der Waals surface area contributed by atoms with Crippen molar-refractivity contribution in [3.8, 4) is 0 Å². The molecule has 0 radical (unpaired) electrons. The molecule has 0 saturated carbocycles. The highest BCUT2D eigenvalue weighted by Crippen LogP contribution is 2.04. The highest BCUT2D eigenvalue weighted by atomic mass is 16.3. The SMILES string of the molecule is NC(=O)Nc1ccoc1. The molecular weight excluding hydrogens is 120 g/mol. The summed E-state index contributed by atoms with van der Waals surface area (Å²) in [5.74, 6) is 0. The summed E-state index contributed by atoms with van der Waals surface area (Å²) in [7, 11) is 0. The summed E-state index contributed by atoms with van der Waals surface area (Å²) in [4.78, 5) is 10.1. The molecule has 1 aromatic heterocycles. The predicted molar refractivity (Wildman–Crippen MR) is 31.9 cm³/mol. The van der Waals surface area contributed by atoms with Crippen LogP contribution in [-0.4, -0.2) is 6.03 Å². The smallest absolute Gasteiger partial charge is 0.316 e. The van der Waals surface area contributed by atoms with Crippen LogP contribution < -0.4 is 11.1 Å². The van der Waals surface area contributed by atoms with Crippen LogP contribution in [0, 0.1) is 0 Å². The van der Waals surface area contributed by atoms with Crippen LogP contribution in [0.25, 0.3) is 0 Å². The Kier molecular flexibility index (Phi) is 1.40. The average molecular weight is 126 g/mol. The van der Waals surface area contributed by atoms with Gasteiger partial charge in [-0.3, -0.25) is 0 Å². The third kappa shape index (κ3) is 1.49. The van der Waals surface area contributed by atoms with Crippen LogP contribution in [0.3, 0.4) is 0 Å². The zero-order valence-corrected chi connectivity index (χ0v) is 4.63. The number of hydrogen-bond donors (Lipinski definition) is 2. The lowest BCUT2D eigenvalue weighted by Gasteiger charge is -1.91. The minimum absolute atomic E-state index is 0.572. The molecule has 0 fully saturated rings. The van der Waals surface area contributed by atoms with E-state index in [0.29, 0.717) is 5.69 Å². The second-order valence-corrected chi connectivity index (χ2v) is 1.50. The molecule has 0 bridgehead atoms. The molecule has 48 valence electrons. The van der Waals surface area contributed by atoms with Crippen molar-refractivity contribution >= 4 is 11.7 Å². The molecule has 2 amide bonds. The standard InChI is InChI=1S/C5H6N2O2/c6-5(8)7-4-1-2-9-3-4/h1-3H,(H3,6,7,8). The number of nitrogens with two attached hydrogens (primary N) is 1. The molecule has 1 aromatic rings. The van der Waals surface area contributed by atoms with Gasteiger partial charge in [-0.25, -0.2) is 4.79 Å². The number of primary amides is 1. The average Bonchev–Trinajstić information content (AvgIpc) is 2.15. The van der Waals surface area contributed by atoms with Gasteiger partial charge in [0, 0.05) is 6.07 Å². The number of urea groups is 1. The quantitative estimate of drug-likeness (QED) is 0.583. The molecule has 4 heteroatoms. The fraction of sp³-hybridized carbons (Fsp3) is 0. The molecule has 9 heavy (non-hydrogen) atoms. The third-order valence-corrected chi connectivity index (χ3v) is 0.789. The zero-order valence-electron chi connectivity index (χ0n) is 4.63. The zero-order chi connectivity index (χ0) is 6.69. The molecule has 0 atom stereocenters. The molecule has 1 heterocycles. The number of carbonyl (C=O) groups excluding carboxylic acids is 1. The monoisotopic (exact) mass is 126 g/mol. The number of rotatable bonds is 1. The van der Waals surface area contributed by atoms with Gasteiger partial charge in [0.05, 0.1) is 12.0 Å². The van der Waals surface area contributed by atoms with Crippen LogP contribution in [0.4, 0.5) is 10.5 Å². The van der Waals surface area contributed by atoms with Gasteiger partial charge in [-0.1, -0.05) is 0 Å². The molecule has 4 nitrogen and oxygen atoms in total. The second-order valence-electron chi connectivity index (χ2n) is 1.50. The van der Waals surface area contributed by atoms with Crippen molar-refractivity contribution in [1.82, 2.24) is 0 Å². The van der Waals surface area contributed by atoms with E-state index in [4.69, 9.17) is 5.73 Å². The predicted octanol–water partition coefficient (Wildman–Crippen LogP) is 0.770. The summed E-state index contributed by atoms with van der Waals surface area (Å²) in [6.45, 7) is 0. The number of anilines is 1. The van der Waals surface area contributed by atoms with Gasteiger partial charge in [0.2, 0.25) is 0 Å². The van der Waals surface area contributed by atoms with Crippen LogP contribution in [0.1, 0.15) is 0 Å². The Morgan fingerprint density at radius 3 is 3.00 bits per heavy atom. The summed E-state index contributed by atoms with van der Waals surface area (Å²) < 4.78 is 4.65. The van der Waals surface area contributed by atoms with Gasteiger partial charge in [-0.05, 0) is 0 Å². The number of furan rings is 1. The van der Waals surface area contributed by atoms with E-state index < -0.39 is 6.03 Å². The van der Waals surface area contributed by atoms with Gasteiger partial charge in [-0.15, -0.1) is 0 Å². The molecular formula is C5H6N2O2. The lowest BCUT2D eigenvalue weighted by molar-refractivity contribution is 0.259. The Bertz CT molecular complexity index is 193. The van der Waals surface area contributed by atoms with Crippen molar-refractivity contribution < 1.29 is 9.21 Å². The molecule has 0 aliphatic rings. The first kappa shape index (κ1) is 5.68. The number of carbonyl (C=O) groups is 1. The molecule has 0 aromatic carbocycles. The van der Waals surface area contributed by atoms with Gasteiger partial charge < -0.3 is 15.5 Å². The van der Waals surface area contributed by atoms with E-state index >= 15 is 0 Å². The minimum atomic E-state index is -0.587. The van der Waals surface area contributed by atoms with Gasteiger partial charge >= 0.3 is 6.03 Å². The topological polar surface area (TPSA) is 68.3 Å². The maximum absolute atomic E-state index is 10.1. The number of hydrogen-bond acceptors (Lipinski definition) is 2. The highest BCUT2D eigenvalue weighted by molar-refractivity contribution is 5.87. The lowest BCUT2D eigenvalue weighted by atomic mass is 10.5. The first-order chi connectivity index (χ1) is 4.29. The van der Waals surface area contributed by atoms with Gasteiger partial charge in [-0.2, -0.15) is 0 Å². The maximum atomic E-state index is 10.1. The number of nitrogens with one attached hydrogen (secondary N) is 1. The Morgan fingerprint density at radius 2 is 2.56 bits per heavy atom. The van der Waals surface area contributed by atoms with E-state index in [1.807, 2.05) is 0 Å². The molecule has 0 unspecified atom stereocenters. The van der Waals surface area contributed by atoms with E-state index in [-0.39, 0.29) is 0 Å². The van der Waals surface area contributed by atoms with Crippen molar-refractivity contribution in [3.63, 3.8) is 0 Å². The summed E-state index contributed by atoms with van der Waals surface area (Å²) in [5, 5.41) is 2.33. The third-order valence-electron chi connectivity index (χ3n) is 0.789. The Balaban J connectivity index is 2.58. The van der Waals surface area contributed by atoms with E-state index in [9.17, 15) is 4.79 Å². The van der Waals surface area contributed by atoms with Gasteiger partial charge in [0.1, 0.15) is 6.26 Å². The Hall–Kier alpha value is -1.45. The Morgan fingerprint density at radius 1 is 1.78 bits per heavy atom. The summed E-state index contributed by atoms with van der Waals surface area (Å²) in [5.41, 5.74) is 5.36. The summed E-state index contributed by atoms with van der Waals surface area (Å²) >= 11 is 0. The van der Waals surface area contributed by atoms with Crippen molar-refractivity contribution in [2.75, 3.05) is 5.32 Å². The fourth-order valence-corrected chi connectivity index (χ4v) is 0.478. The van der Waals surface area contributed by atoms with E-state index in [1.165, 1.54) is 12.5 Å². The lowest BCUT2D eigenvalue weighted by Crippen LogP contribution is -2.18. The minimum Gasteiger partial charge on any atom is -0.470 e. The van der Waals surface area contributed by atoms with Crippen LogP contribution >= 0.6 is 0 Å². The first-order valence-corrected chi connectivity index (χ1v) is 2.37. The first-order valence-electron chi connectivity index (χ1n) is 2.37. The van der Waals surface area contributed by atoms with Crippen molar-refractivity contribution in [1.29, 1.82) is 0 Å². The van der Waals surface area contributed by atoms with Crippen LogP contribution in [-0.2, 0) is 0 Å². The molecule has 0 aliphatic heterocycles.